The van der Waals surface area contributed by atoms with Gasteiger partial charge >= 0.3 is 0 Å². The number of hydrogen-bond acceptors (Lipinski definition) is 5. The molecule has 0 amide bonds. The van der Waals surface area contributed by atoms with Crippen molar-refractivity contribution in [2.75, 3.05) is 7.05 Å². The largest absolute Gasteiger partial charge is 0.508 e. The van der Waals surface area contributed by atoms with Gasteiger partial charge < -0.3 is 10.0 Å². The van der Waals surface area contributed by atoms with Crippen LogP contribution in [-0.2, 0) is 0 Å². The van der Waals surface area contributed by atoms with Crippen molar-refractivity contribution in [3.63, 3.8) is 0 Å². The number of Topliss-reactive ketones (excluding diaryl/α,β-unsaturated/α-hetero) is 1. The fourth-order valence-electron chi connectivity index (χ4n) is 2.90. The second kappa shape index (κ2) is 6.71. The number of allylic oxidation sites excluding steroid dienone is 1. The lowest BCUT2D eigenvalue weighted by molar-refractivity contribution is 0.101. The van der Waals surface area contributed by atoms with Gasteiger partial charge in [0, 0.05) is 23.9 Å². The number of carbonyl (C=O) groups is 1. The van der Waals surface area contributed by atoms with E-state index in [-0.39, 0.29) is 23.1 Å². The number of nitrogens with one attached hydrogen (secondary N) is 1. The van der Waals surface area contributed by atoms with Gasteiger partial charge in [0.1, 0.15) is 11.2 Å². The molecule has 124 valence electrons. The molecule has 24 heavy (non-hydrogen) atoms. The summed E-state index contributed by atoms with van der Waals surface area (Å²) < 4.78 is 0. The van der Waals surface area contributed by atoms with Crippen molar-refractivity contribution in [3.8, 4) is 5.75 Å². The highest BCUT2D eigenvalue weighted by molar-refractivity contribution is 7.80. The smallest absolute Gasteiger partial charge is 0.192 e. The molecule has 2 N–H and O–H groups in total. The molecule has 5 heteroatoms. The van der Waals surface area contributed by atoms with Crippen LogP contribution in [0.15, 0.2) is 65.9 Å². The molecule has 1 aliphatic rings. The van der Waals surface area contributed by atoms with Crippen molar-refractivity contribution in [3.05, 3.63) is 77.0 Å². The van der Waals surface area contributed by atoms with Crippen molar-refractivity contribution < 1.29 is 9.90 Å². The van der Waals surface area contributed by atoms with Gasteiger partial charge in [-0.25, -0.2) is 0 Å². The maximum absolute atomic E-state index is 13.1. The molecule has 2 aromatic carbocycles. The van der Waals surface area contributed by atoms with Gasteiger partial charge in [0.05, 0.1) is 6.04 Å². The number of thiol groups is 1. The van der Waals surface area contributed by atoms with Crippen LogP contribution >= 0.6 is 12.6 Å². The first-order valence-electron chi connectivity index (χ1n) is 7.75. The second-order valence-electron chi connectivity index (χ2n) is 5.87. The highest BCUT2D eigenvalue weighted by atomic mass is 32.1. The number of ketones is 1. The van der Waals surface area contributed by atoms with E-state index in [9.17, 15) is 9.90 Å². The molecule has 0 aliphatic carbocycles. The first-order chi connectivity index (χ1) is 11.5. The number of hydrogen-bond donors (Lipinski definition) is 3. The molecule has 2 aromatic rings. The molecule has 0 saturated heterocycles. The summed E-state index contributed by atoms with van der Waals surface area (Å²) in [7, 11) is 1.91. The van der Waals surface area contributed by atoms with Gasteiger partial charge in [-0.1, -0.05) is 42.5 Å². The van der Waals surface area contributed by atoms with Crippen LogP contribution in [0, 0.1) is 0 Å². The summed E-state index contributed by atoms with van der Waals surface area (Å²) in [5, 5.41) is 12.9. The Balaban J connectivity index is 2.09. The van der Waals surface area contributed by atoms with Crippen LogP contribution in [0.3, 0.4) is 0 Å². The summed E-state index contributed by atoms with van der Waals surface area (Å²) in [5.74, 6) is 0.191. The minimum Gasteiger partial charge on any atom is -0.508 e. The van der Waals surface area contributed by atoms with E-state index in [1.807, 2.05) is 61.3 Å². The van der Waals surface area contributed by atoms with Crippen molar-refractivity contribution in [1.29, 1.82) is 0 Å². The third-order valence-electron chi connectivity index (χ3n) is 4.40. The van der Waals surface area contributed by atoms with E-state index >= 15 is 0 Å². The number of aromatic hydroxyl groups is 1. The van der Waals surface area contributed by atoms with Gasteiger partial charge in [0.2, 0.25) is 0 Å². The fourth-order valence-corrected chi connectivity index (χ4v) is 3.22. The quantitative estimate of drug-likeness (QED) is 0.592. The Bertz CT molecular complexity index is 772. The molecule has 0 fully saturated rings. The summed E-state index contributed by atoms with van der Waals surface area (Å²) in [6.07, 6.45) is 0. The Morgan fingerprint density at radius 1 is 1.12 bits per heavy atom. The molecule has 0 bridgehead atoms. The summed E-state index contributed by atoms with van der Waals surface area (Å²) in [6, 6.07) is 15.9. The van der Waals surface area contributed by atoms with Gasteiger partial charge in [-0.05, 0) is 24.6 Å². The van der Waals surface area contributed by atoms with E-state index < -0.39 is 0 Å². The van der Waals surface area contributed by atoms with Gasteiger partial charge in [-0.3, -0.25) is 10.1 Å². The topological polar surface area (TPSA) is 52.6 Å². The van der Waals surface area contributed by atoms with Crippen LogP contribution in [0.5, 0.6) is 5.75 Å². The number of rotatable bonds is 3. The number of phenolic OH excluding ortho intramolecular Hbond substituents is 1. The van der Waals surface area contributed by atoms with Crippen molar-refractivity contribution in [2.24, 2.45) is 0 Å². The Hall–Kier alpha value is -2.24. The summed E-state index contributed by atoms with van der Waals surface area (Å²) >= 11 is 4.56. The molecular formula is C19H20N2O2S. The lowest BCUT2D eigenvalue weighted by Gasteiger charge is -2.39. The van der Waals surface area contributed by atoms with E-state index in [4.69, 9.17) is 0 Å². The third-order valence-corrected chi connectivity index (χ3v) is 4.89. The maximum Gasteiger partial charge on any atom is 0.192 e. The zero-order chi connectivity index (χ0) is 17.3. The van der Waals surface area contributed by atoms with Gasteiger partial charge in [-0.15, -0.1) is 12.6 Å². The fraction of sp³-hybridized carbons (Fsp3) is 0.211. The first-order valence-corrected chi connectivity index (χ1v) is 8.27. The SMILES string of the molecule is CC1=C(C(=O)c2ccccc2)C(c2ccc(O)cc2)NC(S)N1C. The standard InChI is InChI=1S/C19H20N2O2S/c1-12-16(18(23)14-6-4-3-5-7-14)17(20-19(24)21(12)2)13-8-10-15(22)11-9-13/h3-11,17,19-20,22,24H,1-2H3. The molecule has 2 unspecified atom stereocenters. The monoisotopic (exact) mass is 340 g/mol. The average Bonchev–Trinajstić information content (AvgIpc) is 2.60. The average molecular weight is 340 g/mol. The second-order valence-corrected chi connectivity index (χ2v) is 6.36. The van der Waals surface area contributed by atoms with Crippen LogP contribution < -0.4 is 5.32 Å². The van der Waals surface area contributed by atoms with Gasteiger partial charge in [-0.2, -0.15) is 0 Å². The number of phenols is 1. The van der Waals surface area contributed by atoms with Gasteiger partial charge in [0.25, 0.3) is 0 Å². The van der Waals surface area contributed by atoms with E-state index in [1.165, 1.54) is 0 Å². The Labute approximate surface area is 147 Å². The minimum absolute atomic E-state index is 0.00856. The predicted molar refractivity (Wildman–Crippen MR) is 98.0 cm³/mol. The van der Waals surface area contributed by atoms with Crippen molar-refractivity contribution >= 4 is 18.4 Å². The molecule has 0 spiro atoms. The van der Waals surface area contributed by atoms with E-state index in [0.29, 0.717) is 11.1 Å². The summed E-state index contributed by atoms with van der Waals surface area (Å²) in [6.45, 7) is 1.94. The normalized spacial score (nSPS) is 21.0. The van der Waals surface area contributed by atoms with Crippen LogP contribution in [0.25, 0.3) is 0 Å². The van der Waals surface area contributed by atoms with E-state index in [2.05, 4.69) is 17.9 Å². The van der Waals surface area contributed by atoms with Crippen LogP contribution in [0.2, 0.25) is 0 Å². The molecule has 1 heterocycles. The highest BCUT2D eigenvalue weighted by Crippen LogP contribution is 2.34. The lowest BCUT2D eigenvalue weighted by atomic mass is 9.89. The number of benzene rings is 2. The highest BCUT2D eigenvalue weighted by Gasteiger charge is 2.33. The molecule has 0 aromatic heterocycles. The lowest BCUT2D eigenvalue weighted by Crippen LogP contribution is -2.47. The van der Waals surface area contributed by atoms with E-state index in [0.717, 1.165) is 11.3 Å². The van der Waals surface area contributed by atoms with Crippen LogP contribution in [0.1, 0.15) is 28.9 Å². The Morgan fingerprint density at radius 2 is 1.75 bits per heavy atom. The molecule has 4 nitrogen and oxygen atoms in total. The molecule has 0 radical (unpaired) electrons. The van der Waals surface area contributed by atoms with Crippen molar-refractivity contribution in [2.45, 2.75) is 18.5 Å². The Kier molecular flexibility index (Phi) is 4.64. The summed E-state index contributed by atoms with van der Waals surface area (Å²) in [5.41, 5.74) is 2.96. The predicted octanol–water partition coefficient (Wildman–Crippen LogP) is 3.34. The molecule has 3 rings (SSSR count). The minimum atomic E-state index is -0.281. The molecule has 1 aliphatic heterocycles. The third kappa shape index (κ3) is 3.05. The zero-order valence-corrected chi connectivity index (χ0v) is 14.5. The number of carbonyl (C=O) groups excluding carboxylic acids is 1. The maximum atomic E-state index is 13.1. The molecule has 2 atom stereocenters. The van der Waals surface area contributed by atoms with Crippen LogP contribution in [-0.4, -0.2) is 28.3 Å². The van der Waals surface area contributed by atoms with E-state index in [1.54, 1.807) is 12.1 Å². The van der Waals surface area contributed by atoms with Gasteiger partial charge in [0.15, 0.2) is 5.78 Å². The Morgan fingerprint density at radius 3 is 2.38 bits per heavy atom. The molecular weight excluding hydrogens is 320 g/mol. The molecule has 0 saturated carbocycles. The van der Waals surface area contributed by atoms with Crippen molar-refractivity contribution in [1.82, 2.24) is 10.2 Å². The van der Waals surface area contributed by atoms with Crippen LogP contribution in [0.4, 0.5) is 0 Å². The number of nitrogens with zero attached hydrogens (tertiary/aromatic N) is 1. The zero-order valence-electron chi connectivity index (χ0n) is 13.6. The summed E-state index contributed by atoms with van der Waals surface area (Å²) in [4.78, 5) is 15.1. The first kappa shape index (κ1) is 16.6.